The Morgan fingerprint density at radius 3 is 2.50 bits per heavy atom. The number of nitrogens with one attached hydrogen (secondary N) is 1. The van der Waals surface area contributed by atoms with Crippen LogP contribution in [0.4, 0.5) is 14.5 Å². The van der Waals surface area contributed by atoms with Crippen LogP contribution in [0.2, 0.25) is 0 Å². The molecule has 0 atom stereocenters. The number of amides is 1. The Balaban J connectivity index is 1.67. The van der Waals surface area contributed by atoms with E-state index in [9.17, 15) is 13.6 Å². The summed E-state index contributed by atoms with van der Waals surface area (Å²) in [6.45, 7) is -1.14. The molecular formula is C18H15F2N3O2S. The third-order valence-corrected chi connectivity index (χ3v) is 4.49. The normalized spacial score (nSPS) is 10.9. The van der Waals surface area contributed by atoms with Gasteiger partial charge in [0.25, 0.3) is 0 Å². The van der Waals surface area contributed by atoms with Crippen LogP contribution in [0.1, 0.15) is 5.69 Å². The lowest BCUT2D eigenvalue weighted by molar-refractivity contribution is -0.113. The summed E-state index contributed by atoms with van der Waals surface area (Å²) in [6, 6.07) is 13.5. The Labute approximate surface area is 152 Å². The van der Waals surface area contributed by atoms with E-state index in [-0.39, 0.29) is 23.1 Å². The molecule has 1 amide bonds. The van der Waals surface area contributed by atoms with Gasteiger partial charge in [-0.1, -0.05) is 36.0 Å². The van der Waals surface area contributed by atoms with E-state index in [0.29, 0.717) is 5.03 Å². The van der Waals surface area contributed by atoms with Crippen molar-refractivity contribution < 1.29 is 18.3 Å². The second-order valence-electron chi connectivity index (χ2n) is 5.31. The predicted octanol–water partition coefficient (Wildman–Crippen LogP) is 4.27. The molecule has 3 aromatic rings. The molecule has 0 fully saturated rings. The lowest BCUT2D eigenvalue weighted by atomic mass is 10.3. The van der Waals surface area contributed by atoms with Gasteiger partial charge in [0.05, 0.1) is 28.2 Å². The zero-order valence-corrected chi connectivity index (χ0v) is 14.6. The molecule has 0 saturated carbocycles. The summed E-state index contributed by atoms with van der Waals surface area (Å²) in [5, 5.41) is 3.23. The lowest BCUT2D eigenvalue weighted by Crippen LogP contribution is -2.16. The van der Waals surface area contributed by atoms with Crippen molar-refractivity contribution in [2.45, 2.75) is 18.6 Å². The van der Waals surface area contributed by atoms with Gasteiger partial charge in [-0.05, 0) is 31.2 Å². The SMILES string of the molecule is Cc1nc2ccccc2nc1SCC(=O)Nc1ccccc1OC(F)F. The van der Waals surface area contributed by atoms with Gasteiger partial charge in [0.15, 0.2) is 0 Å². The molecule has 1 N–H and O–H groups in total. The highest BCUT2D eigenvalue weighted by Gasteiger charge is 2.13. The molecule has 0 radical (unpaired) electrons. The first-order valence-electron chi connectivity index (χ1n) is 7.73. The van der Waals surface area contributed by atoms with Crippen LogP contribution in [-0.4, -0.2) is 28.2 Å². The lowest BCUT2D eigenvalue weighted by Gasteiger charge is -2.11. The summed E-state index contributed by atoms with van der Waals surface area (Å²) in [4.78, 5) is 21.1. The number of anilines is 1. The van der Waals surface area contributed by atoms with Gasteiger partial charge >= 0.3 is 6.61 Å². The molecule has 5 nitrogen and oxygen atoms in total. The molecule has 0 saturated heterocycles. The molecule has 0 aliphatic rings. The van der Waals surface area contributed by atoms with E-state index < -0.39 is 6.61 Å². The van der Waals surface area contributed by atoms with Gasteiger partial charge in [-0.3, -0.25) is 4.79 Å². The van der Waals surface area contributed by atoms with Crippen LogP contribution in [0.15, 0.2) is 53.6 Å². The molecule has 0 unspecified atom stereocenters. The number of alkyl halides is 2. The third kappa shape index (κ3) is 4.45. The molecule has 8 heteroatoms. The van der Waals surface area contributed by atoms with Crippen LogP contribution < -0.4 is 10.1 Å². The molecule has 0 bridgehead atoms. The molecule has 0 spiro atoms. The Morgan fingerprint density at radius 2 is 1.77 bits per heavy atom. The van der Waals surface area contributed by atoms with E-state index in [1.165, 1.54) is 23.9 Å². The Morgan fingerprint density at radius 1 is 1.12 bits per heavy atom. The summed E-state index contributed by atoms with van der Waals surface area (Å²) < 4.78 is 29.2. The molecule has 3 rings (SSSR count). The number of rotatable bonds is 6. The van der Waals surface area contributed by atoms with E-state index in [2.05, 4.69) is 20.0 Å². The first-order valence-corrected chi connectivity index (χ1v) is 8.71. The van der Waals surface area contributed by atoms with Crippen molar-refractivity contribution in [3.63, 3.8) is 0 Å². The van der Waals surface area contributed by atoms with E-state index in [0.717, 1.165) is 16.7 Å². The highest BCUT2D eigenvalue weighted by atomic mass is 32.2. The third-order valence-electron chi connectivity index (χ3n) is 3.42. The molecule has 1 aromatic heterocycles. The van der Waals surface area contributed by atoms with Gasteiger partial charge in [0, 0.05) is 0 Å². The van der Waals surface area contributed by atoms with E-state index in [1.54, 1.807) is 12.1 Å². The Kier molecular flexibility index (Phi) is 5.62. The molecule has 0 aliphatic heterocycles. The summed E-state index contributed by atoms with van der Waals surface area (Å²) in [6.07, 6.45) is 0. The van der Waals surface area contributed by atoms with Crippen LogP contribution in [0.3, 0.4) is 0 Å². The average Bonchev–Trinajstić information content (AvgIpc) is 2.61. The summed E-state index contributed by atoms with van der Waals surface area (Å²) >= 11 is 1.23. The number of hydrogen-bond donors (Lipinski definition) is 1. The van der Waals surface area contributed by atoms with Crippen LogP contribution >= 0.6 is 11.8 Å². The number of nitrogens with zero attached hydrogens (tertiary/aromatic N) is 2. The van der Waals surface area contributed by atoms with E-state index >= 15 is 0 Å². The maximum atomic E-state index is 12.4. The van der Waals surface area contributed by atoms with Crippen molar-refractivity contribution >= 4 is 34.4 Å². The van der Waals surface area contributed by atoms with Crippen LogP contribution in [0.25, 0.3) is 11.0 Å². The largest absolute Gasteiger partial charge is 0.433 e. The number of benzene rings is 2. The van der Waals surface area contributed by atoms with Gasteiger partial charge in [-0.25, -0.2) is 9.97 Å². The zero-order chi connectivity index (χ0) is 18.5. The second-order valence-corrected chi connectivity index (χ2v) is 6.28. The molecule has 2 aromatic carbocycles. The van der Waals surface area contributed by atoms with E-state index in [4.69, 9.17) is 0 Å². The number of aromatic nitrogens is 2. The number of para-hydroxylation sites is 4. The Bertz CT molecular complexity index is 937. The fourth-order valence-corrected chi connectivity index (χ4v) is 3.06. The fraction of sp³-hybridized carbons (Fsp3) is 0.167. The smallest absolute Gasteiger partial charge is 0.387 e. The minimum absolute atomic E-state index is 0.0663. The standard InChI is InChI=1S/C18H15F2N3O2S/c1-11-17(23-13-7-3-2-6-12(13)21-11)26-10-16(24)22-14-8-4-5-9-15(14)25-18(19)20/h2-9,18H,10H2,1H3,(H,22,24). The van der Waals surface area contributed by atoms with Crippen LogP contribution in [-0.2, 0) is 4.79 Å². The fourth-order valence-electron chi connectivity index (χ4n) is 2.30. The summed E-state index contributed by atoms with van der Waals surface area (Å²) in [7, 11) is 0. The number of fused-ring (bicyclic) bond motifs is 1. The van der Waals surface area contributed by atoms with Gasteiger partial charge in [0.1, 0.15) is 10.8 Å². The number of halogens is 2. The molecule has 26 heavy (non-hydrogen) atoms. The zero-order valence-electron chi connectivity index (χ0n) is 13.8. The summed E-state index contributed by atoms with van der Waals surface area (Å²) in [5.41, 5.74) is 2.45. The highest BCUT2D eigenvalue weighted by Crippen LogP contribution is 2.26. The quantitative estimate of drug-likeness (QED) is 0.652. The van der Waals surface area contributed by atoms with Crippen molar-refractivity contribution in [2.75, 3.05) is 11.1 Å². The van der Waals surface area contributed by atoms with Crippen molar-refractivity contribution in [2.24, 2.45) is 0 Å². The minimum atomic E-state index is -2.96. The molecular weight excluding hydrogens is 360 g/mol. The number of thioether (sulfide) groups is 1. The number of aryl methyl sites for hydroxylation is 1. The van der Waals surface area contributed by atoms with Crippen LogP contribution in [0.5, 0.6) is 5.75 Å². The molecule has 0 aliphatic carbocycles. The van der Waals surface area contributed by atoms with Crippen LogP contribution in [0, 0.1) is 6.92 Å². The summed E-state index contributed by atoms with van der Waals surface area (Å²) in [5.74, 6) is -0.367. The van der Waals surface area contributed by atoms with Crippen molar-refractivity contribution in [1.29, 1.82) is 0 Å². The number of carbonyl (C=O) groups excluding carboxylic acids is 1. The topological polar surface area (TPSA) is 64.1 Å². The van der Waals surface area contributed by atoms with Gasteiger partial charge in [0.2, 0.25) is 5.91 Å². The van der Waals surface area contributed by atoms with Gasteiger partial charge in [-0.2, -0.15) is 8.78 Å². The maximum Gasteiger partial charge on any atom is 0.387 e. The number of ether oxygens (including phenoxy) is 1. The first-order chi connectivity index (χ1) is 12.5. The second kappa shape index (κ2) is 8.09. The van der Waals surface area contributed by atoms with Gasteiger partial charge < -0.3 is 10.1 Å². The molecule has 134 valence electrons. The maximum absolute atomic E-state index is 12.4. The van der Waals surface area contributed by atoms with Crippen molar-refractivity contribution in [3.05, 3.63) is 54.2 Å². The monoisotopic (exact) mass is 375 g/mol. The average molecular weight is 375 g/mol. The minimum Gasteiger partial charge on any atom is -0.433 e. The Hall–Kier alpha value is -2.74. The number of hydrogen-bond acceptors (Lipinski definition) is 5. The van der Waals surface area contributed by atoms with Crippen molar-refractivity contribution in [1.82, 2.24) is 9.97 Å². The number of carbonyl (C=O) groups is 1. The molecule has 1 heterocycles. The van der Waals surface area contributed by atoms with Crippen molar-refractivity contribution in [3.8, 4) is 5.75 Å². The predicted molar refractivity (Wildman–Crippen MR) is 96.7 cm³/mol. The first kappa shape index (κ1) is 18.1. The highest BCUT2D eigenvalue weighted by molar-refractivity contribution is 8.00. The van der Waals surface area contributed by atoms with E-state index in [1.807, 2.05) is 31.2 Å². The van der Waals surface area contributed by atoms with Gasteiger partial charge in [-0.15, -0.1) is 0 Å².